The average Bonchev–Trinajstić information content (AvgIpc) is 3.57. The van der Waals surface area contributed by atoms with Gasteiger partial charge in [-0.15, -0.1) is 0 Å². The summed E-state index contributed by atoms with van der Waals surface area (Å²) < 4.78 is 0. The maximum Gasteiger partial charge on any atom is 0.255 e. The van der Waals surface area contributed by atoms with Crippen molar-refractivity contribution in [2.75, 3.05) is 24.3 Å². The molecule has 5 nitrogen and oxygen atoms in total. The lowest BCUT2D eigenvalue weighted by molar-refractivity contribution is -0.117. The summed E-state index contributed by atoms with van der Waals surface area (Å²) in [5.74, 6) is 0.122. The van der Waals surface area contributed by atoms with E-state index in [-0.39, 0.29) is 23.8 Å². The Balaban J connectivity index is 1.92. The zero-order chi connectivity index (χ0) is 21.8. The predicted molar refractivity (Wildman–Crippen MR) is 123 cm³/mol. The van der Waals surface area contributed by atoms with Crippen LogP contribution in [0.4, 0.5) is 11.4 Å². The maximum absolute atomic E-state index is 13.4. The third kappa shape index (κ3) is 5.14. The normalized spacial score (nSPS) is 14.2. The van der Waals surface area contributed by atoms with E-state index in [0.29, 0.717) is 17.1 Å². The van der Waals surface area contributed by atoms with Gasteiger partial charge < -0.3 is 15.1 Å². The topological polar surface area (TPSA) is 52.7 Å². The number of halogens is 1. The summed E-state index contributed by atoms with van der Waals surface area (Å²) in [5.41, 5.74) is 3.26. The molecule has 0 saturated heterocycles. The molecule has 1 fully saturated rings. The Morgan fingerprint density at radius 3 is 2.47 bits per heavy atom. The van der Waals surface area contributed by atoms with Crippen LogP contribution >= 0.6 is 11.6 Å². The molecule has 2 aromatic carbocycles. The minimum atomic E-state index is -0.0907. The summed E-state index contributed by atoms with van der Waals surface area (Å²) in [4.78, 5) is 29.5. The molecule has 1 N–H and O–H groups in total. The number of nitrogens with one attached hydrogen (secondary N) is 1. The molecule has 0 bridgehead atoms. The van der Waals surface area contributed by atoms with E-state index in [9.17, 15) is 9.59 Å². The van der Waals surface area contributed by atoms with Gasteiger partial charge in [0.15, 0.2) is 0 Å². The van der Waals surface area contributed by atoms with Crippen molar-refractivity contribution < 1.29 is 9.59 Å². The Bertz CT molecular complexity index is 924. The molecule has 1 aliphatic rings. The van der Waals surface area contributed by atoms with E-state index < -0.39 is 0 Å². The number of rotatable bonds is 8. The molecule has 6 heteroatoms. The van der Waals surface area contributed by atoms with Crippen LogP contribution in [0.2, 0.25) is 5.02 Å². The molecule has 0 aliphatic heterocycles. The van der Waals surface area contributed by atoms with Crippen molar-refractivity contribution in [1.29, 1.82) is 0 Å². The third-order valence-electron chi connectivity index (χ3n) is 5.61. The highest BCUT2D eigenvalue weighted by Crippen LogP contribution is 2.32. The van der Waals surface area contributed by atoms with Gasteiger partial charge >= 0.3 is 0 Å². The van der Waals surface area contributed by atoms with Crippen molar-refractivity contribution in [2.24, 2.45) is 5.92 Å². The number of amides is 2. The lowest BCUT2D eigenvalue weighted by Crippen LogP contribution is -2.38. The van der Waals surface area contributed by atoms with Crippen molar-refractivity contribution in [1.82, 2.24) is 4.90 Å². The first kappa shape index (κ1) is 22.2. The van der Waals surface area contributed by atoms with Gasteiger partial charge in [0.2, 0.25) is 5.91 Å². The molecule has 2 amide bonds. The number of benzene rings is 2. The highest BCUT2D eigenvalue weighted by molar-refractivity contribution is 6.33. The van der Waals surface area contributed by atoms with Gasteiger partial charge in [-0.05, 0) is 62.1 Å². The molecular formula is C24H30ClN3O2. The summed E-state index contributed by atoms with van der Waals surface area (Å²) >= 11 is 6.31. The summed E-state index contributed by atoms with van der Waals surface area (Å²) in [5, 5.41) is 3.47. The Morgan fingerprint density at radius 2 is 1.87 bits per heavy atom. The monoisotopic (exact) mass is 427 g/mol. The van der Waals surface area contributed by atoms with Crippen LogP contribution in [0.25, 0.3) is 0 Å². The number of hydrogen-bond donors (Lipinski definition) is 1. The van der Waals surface area contributed by atoms with E-state index in [1.807, 2.05) is 61.2 Å². The molecule has 3 rings (SSSR count). The molecule has 0 spiro atoms. The highest BCUT2D eigenvalue weighted by atomic mass is 35.5. The van der Waals surface area contributed by atoms with Crippen molar-refractivity contribution in [3.05, 3.63) is 58.6 Å². The predicted octanol–water partition coefficient (Wildman–Crippen LogP) is 5.20. The molecule has 30 heavy (non-hydrogen) atoms. The van der Waals surface area contributed by atoms with Gasteiger partial charge in [0, 0.05) is 44.0 Å². The van der Waals surface area contributed by atoms with Gasteiger partial charge in [-0.25, -0.2) is 0 Å². The fourth-order valence-electron chi connectivity index (χ4n) is 3.44. The van der Waals surface area contributed by atoms with Gasteiger partial charge in [0.05, 0.1) is 10.6 Å². The fourth-order valence-corrected chi connectivity index (χ4v) is 3.65. The molecule has 160 valence electrons. The van der Waals surface area contributed by atoms with Crippen molar-refractivity contribution in [2.45, 2.75) is 45.7 Å². The van der Waals surface area contributed by atoms with E-state index in [0.717, 1.165) is 36.2 Å². The maximum atomic E-state index is 13.4. The number of nitrogens with zero attached hydrogens (tertiary/aromatic N) is 2. The van der Waals surface area contributed by atoms with E-state index in [4.69, 9.17) is 11.6 Å². The molecule has 2 aromatic rings. The molecule has 1 aliphatic carbocycles. The molecule has 1 saturated carbocycles. The molecule has 1 atom stereocenters. The van der Waals surface area contributed by atoms with Gasteiger partial charge in [-0.2, -0.15) is 0 Å². The van der Waals surface area contributed by atoms with Crippen LogP contribution in [0.3, 0.4) is 0 Å². The first-order chi connectivity index (χ1) is 14.3. The largest absolute Gasteiger partial charge is 0.377 e. The standard InChI is InChI=1S/C24H30ClN3O2/c1-5-16(2)28(24(30)20-8-6-7-9-21(20)25)15-18-14-19(12-13-22(18)27(3)4)26-23(29)17-10-11-17/h6-9,12-14,16-17H,5,10-11,15H2,1-4H3,(H,26,29). The van der Waals surface area contributed by atoms with Crippen molar-refractivity contribution >= 4 is 34.8 Å². The van der Waals surface area contributed by atoms with E-state index in [2.05, 4.69) is 12.2 Å². The third-order valence-corrected chi connectivity index (χ3v) is 5.94. The number of carbonyl (C=O) groups excluding carboxylic acids is 2. The van der Waals surface area contributed by atoms with E-state index >= 15 is 0 Å². The quantitative estimate of drug-likeness (QED) is 0.630. The van der Waals surface area contributed by atoms with Gasteiger partial charge in [-0.1, -0.05) is 30.7 Å². The Morgan fingerprint density at radius 1 is 1.17 bits per heavy atom. The Labute approximate surface area is 184 Å². The number of hydrogen-bond acceptors (Lipinski definition) is 3. The summed E-state index contributed by atoms with van der Waals surface area (Å²) in [7, 11) is 3.95. The SMILES string of the molecule is CCC(C)N(Cc1cc(NC(=O)C2CC2)ccc1N(C)C)C(=O)c1ccccc1Cl. The lowest BCUT2D eigenvalue weighted by Gasteiger charge is -2.31. The van der Waals surface area contributed by atoms with Crippen LogP contribution in [0.5, 0.6) is 0 Å². The zero-order valence-corrected chi connectivity index (χ0v) is 18.9. The Hall–Kier alpha value is -2.53. The number of anilines is 2. The molecular weight excluding hydrogens is 398 g/mol. The van der Waals surface area contributed by atoms with Crippen LogP contribution in [0.15, 0.2) is 42.5 Å². The highest BCUT2D eigenvalue weighted by Gasteiger charge is 2.30. The Kier molecular flexibility index (Phi) is 7.03. The van der Waals surface area contributed by atoms with Crippen molar-refractivity contribution in [3.8, 4) is 0 Å². The minimum Gasteiger partial charge on any atom is -0.377 e. The summed E-state index contributed by atoms with van der Waals surface area (Å²) in [6.45, 7) is 4.54. The molecule has 0 radical (unpaired) electrons. The van der Waals surface area contributed by atoms with E-state index in [1.165, 1.54) is 0 Å². The molecule has 1 unspecified atom stereocenters. The van der Waals surface area contributed by atoms with Crippen molar-refractivity contribution in [3.63, 3.8) is 0 Å². The van der Waals surface area contributed by atoms with E-state index in [1.54, 1.807) is 12.1 Å². The lowest BCUT2D eigenvalue weighted by atomic mass is 10.1. The van der Waals surface area contributed by atoms with Crippen LogP contribution in [-0.2, 0) is 11.3 Å². The van der Waals surface area contributed by atoms with Crippen LogP contribution in [0, 0.1) is 5.92 Å². The van der Waals surface area contributed by atoms with Crippen LogP contribution in [-0.4, -0.2) is 36.9 Å². The first-order valence-corrected chi connectivity index (χ1v) is 10.9. The summed E-state index contributed by atoms with van der Waals surface area (Å²) in [6.07, 6.45) is 2.75. The second kappa shape index (κ2) is 9.52. The van der Waals surface area contributed by atoms with Gasteiger partial charge in [0.1, 0.15) is 0 Å². The second-order valence-electron chi connectivity index (χ2n) is 8.17. The zero-order valence-electron chi connectivity index (χ0n) is 18.1. The van der Waals surface area contributed by atoms with Crippen LogP contribution in [0.1, 0.15) is 49.0 Å². The molecule has 0 heterocycles. The fraction of sp³-hybridized carbons (Fsp3) is 0.417. The van der Waals surface area contributed by atoms with Gasteiger partial charge in [-0.3, -0.25) is 9.59 Å². The molecule has 0 aromatic heterocycles. The summed E-state index contributed by atoms with van der Waals surface area (Å²) in [6, 6.07) is 13.1. The first-order valence-electron chi connectivity index (χ1n) is 10.5. The van der Waals surface area contributed by atoms with Gasteiger partial charge in [0.25, 0.3) is 5.91 Å². The minimum absolute atomic E-state index is 0.0356. The number of carbonyl (C=O) groups is 2. The second-order valence-corrected chi connectivity index (χ2v) is 8.58. The van der Waals surface area contributed by atoms with Crippen LogP contribution < -0.4 is 10.2 Å². The smallest absolute Gasteiger partial charge is 0.255 e. The average molecular weight is 428 g/mol.